The molecule has 0 fully saturated rings. The summed E-state index contributed by atoms with van der Waals surface area (Å²) < 4.78 is 0.527. The number of anilines is 1. The molecule has 5 nitrogen and oxygen atoms in total. The van der Waals surface area contributed by atoms with Crippen molar-refractivity contribution in [3.63, 3.8) is 0 Å². The SMILES string of the molecule is CC(C)Nc1nc(=S)c2[nH]cnc2[nH]1. The predicted octanol–water partition coefficient (Wildman–Crippen LogP) is 1.84. The monoisotopic (exact) mass is 209 g/mol. The van der Waals surface area contributed by atoms with Gasteiger partial charge in [0.25, 0.3) is 0 Å². The molecule has 0 unspecified atom stereocenters. The van der Waals surface area contributed by atoms with Gasteiger partial charge in [0.1, 0.15) is 5.52 Å². The lowest BCUT2D eigenvalue weighted by molar-refractivity contribution is 0.876. The molecule has 2 aromatic heterocycles. The number of fused-ring (bicyclic) bond motifs is 1. The first-order valence-electron chi connectivity index (χ1n) is 4.37. The predicted molar refractivity (Wildman–Crippen MR) is 57.8 cm³/mol. The van der Waals surface area contributed by atoms with Crippen LogP contribution in [-0.4, -0.2) is 26.0 Å². The van der Waals surface area contributed by atoms with E-state index in [0.717, 1.165) is 11.2 Å². The van der Waals surface area contributed by atoms with Crippen molar-refractivity contribution >= 4 is 29.3 Å². The minimum Gasteiger partial charge on any atom is -0.354 e. The van der Waals surface area contributed by atoms with E-state index in [1.807, 2.05) is 13.8 Å². The number of hydrogen-bond acceptors (Lipinski definition) is 4. The van der Waals surface area contributed by atoms with Crippen molar-refractivity contribution in [3.8, 4) is 0 Å². The Morgan fingerprint density at radius 2 is 2.29 bits per heavy atom. The summed E-state index contributed by atoms with van der Waals surface area (Å²) in [6.07, 6.45) is 1.60. The highest BCUT2D eigenvalue weighted by Gasteiger charge is 2.03. The summed E-state index contributed by atoms with van der Waals surface area (Å²) in [5, 5.41) is 3.14. The quantitative estimate of drug-likeness (QED) is 0.660. The molecule has 6 heteroatoms. The Hall–Kier alpha value is -1.43. The molecule has 0 aliphatic carbocycles. The molecule has 0 bridgehead atoms. The second kappa shape index (κ2) is 3.38. The Bertz CT molecular complexity index is 498. The number of H-pyrrole nitrogens is 2. The molecule has 0 aliphatic rings. The molecule has 0 spiro atoms. The van der Waals surface area contributed by atoms with E-state index in [4.69, 9.17) is 12.2 Å². The van der Waals surface area contributed by atoms with Crippen molar-refractivity contribution in [2.75, 3.05) is 5.32 Å². The second-order valence-corrected chi connectivity index (χ2v) is 3.70. The van der Waals surface area contributed by atoms with Crippen LogP contribution < -0.4 is 5.32 Å². The minimum atomic E-state index is 0.310. The lowest BCUT2D eigenvalue weighted by Gasteiger charge is -2.07. The van der Waals surface area contributed by atoms with Gasteiger partial charge < -0.3 is 15.3 Å². The summed E-state index contributed by atoms with van der Waals surface area (Å²) >= 11 is 5.11. The number of nitrogens with one attached hydrogen (secondary N) is 3. The fraction of sp³-hybridized carbons (Fsp3) is 0.375. The van der Waals surface area contributed by atoms with E-state index in [1.54, 1.807) is 6.33 Å². The maximum Gasteiger partial charge on any atom is 0.203 e. The van der Waals surface area contributed by atoms with Crippen molar-refractivity contribution in [1.29, 1.82) is 0 Å². The smallest absolute Gasteiger partial charge is 0.203 e. The van der Waals surface area contributed by atoms with Gasteiger partial charge in [0.2, 0.25) is 5.95 Å². The van der Waals surface area contributed by atoms with Crippen molar-refractivity contribution in [2.24, 2.45) is 0 Å². The van der Waals surface area contributed by atoms with E-state index < -0.39 is 0 Å². The van der Waals surface area contributed by atoms with E-state index in [2.05, 4.69) is 25.3 Å². The first-order valence-corrected chi connectivity index (χ1v) is 4.77. The first-order chi connectivity index (χ1) is 6.66. The number of nitrogens with zero attached hydrogens (tertiary/aromatic N) is 2. The van der Waals surface area contributed by atoms with Gasteiger partial charge in [-0.05, 0) is 13.8 Å². The Morgan fingerprint density at radius 1 is 1.50 bits per heavy atom. The van der Waals surface area contributed by atoms with Gasteiger partial charge >= 0.3 is 0 Å². The molecule has 0 aromatic carbocycles. The normalized spacial score (nSPS) is 11.1. The summed E-state index contributed by atoms with van der Waals surface area (Å²) in [4.78, 5) is 14.3. The first kappa shape index (κ1) is 9.14. The highest BCUT2D eigenvalue weighted by atomic mass is 32.1. The average molecular weight is 209 g/mol. The van der Waals surface area contributed by atoms with E-state index in [-0.39, 0.29) is 0 Å². The molecule has 0 saturated carbocycles. The van der Waals surface area contributed by atoms with E-state index in [0.29, 0.717) is 16.6 Å². The zero-order valence-corrected chi connectivity index (χ0v) is 8.77. The van der Waals surface area contributed by atoms with Crippen molar-refractivity contribution in [1.82, 2.24) is 19.9 Å². The van der Waals surface area contributed by atoms with E-state index >= 15 is 0 Å². The van der Waals surface area contributed by atoms with Crippen LogP contribution in [0.2, 0.25) is 0 Å². The molecule has 74 valence electrons. The Morgan fingerprint density at radius 3 is 3.00 bits per heavy atom. The molecule has 0 amide bonds. The van der Waals surface area contributed by atoms with E-state index in [1.165, 1.54) is 0 Å². The molecular weight excluding hydrogens is 198 g/mol. The lowest BCUT2D eigenvalue weighted by atomic mass is 10.4. The highest BCUT2D eigenvalue weighted by Crippen LogP contribution is 2.10. The summed E-state index contributed by atoms with van der Waals surface area (Å²) in [5.41, 5.74) is 1.50. The van der Waals surface area contributed by atoms with Crippen LogP contribution in [-0.2, 0) is 0 Å². The maximum atomic E-state index is 5.11. The van der Waals surface area contributed by atoms with Crippen molar-refractivity contribution in [2.45, 2.75) is 19.9 Å². The van der Waals surface area contributed by atoms with Crippen LogP contribution in [0.3, 0.4) is 0 Å². The van der Waals surface area contributed by atoms with Gasteiger partial charge in [-0.25, -0.2) is 9.97 Å². The molecule has 2 heterocycles. The summed E-state index contributed by atoms with van der Waals surface area (Å²) in [7, 11) is 0. The van der Waals surface area contributed by atoms with Crippen LogP contribution in [0.1, 0.15) is 13.8 Å². The van der Waals surface area contributed by atoms with Gasteiger partial charge in [0.05, 0.1) is 6.33 Å². The van der Waals surface area contributed by atoms with Crippen LogP contribution in [0.25, 0.3) is 11.2 Å². The van der Waals surface area contributed by atoms with Crippen LogP contribution in [0.15, 0.2) is 6.33 Å². The number of aromatic amines is 2. The van der Waals surface area contributed by atoms with Crippen LogP contribution >= 0.6 is 12.2 Å². The third-order valence-electron chi connectivity index (χ3n) is 1.73. The molecule has 0 radical (unpaired) electrons. The van der Waals surface area contributed by atoms with Crippen molar-refractivity contribution in [3.05, 3.63) is 11.0 Å². The van der Waals surface area contributed by atoms with Gasteiger partial charge in [-0.2, -0.15) is 0 Å². The molecule has 0 saturated heterocycles. The highest BCUT2D eigenvalue weighted by molar-refractivity contribution is 7.71. The van der Waals surface area contributed by atoms with Gasteiger partial charge in [-0.15, -0.1) is 0 Å². The second-order valence-electron chi connectivity index (χ2n) is 3.32. The fourth-order valence-corrected chi connectivity index (χ4v) is 1.44. The molecule has 0 atom stereocenters. The van der Waals surface area contributed by atoms with Crippen LogP contribution in [0, 0.1) is 4.64 Å². The number of rotatable bonds is 2. The van der Waals surface area contributed by atoms with Gasteiger partial charge in [0, 0.05) is 6.04 Å². The summed E-state index contributed by atoms with van der Waals surface area (Å²) in [5.74, 6) is 0.657. The van der Waals surface area contributed by atoms with Gasteiger partial charge in [-0.1, -0.05) is 12.2 Å². The number of imidazole rings is 1. The minimum absolute atomic E-state index is 0.310. The van der Waals surface area contributed by atoms with E-state index in [9.17, 15) is 0 Å². The number of aromatic nitrogens is 4. The molecule has 2 rings (SSSR count). The largest absolute Gasteiger partial charge is 0.354 e. The molecule has 0 aliphatic heterocycles. The fourth-order valence-electron chi connectivity index (χ4n) is 1.19. The van der Waals surface area contributed by atoms with Gasteiger partial charge in [0.15, 0.2) is 10.3 Å². The summed E-state index contributed by atoms with van der Waals surface area (Å²) in [6, 6.07) is 0.310. The topological polar surface area (TPSA) is 69.4 Å². The zero-order chi connectivity index (χ0) is 10.1. The van der Waals surface area contributed by atoms with Crippen molar-refractivity contribution < 1.29 is 0 Å². The lowest BCUT2D eigenvalue weighted by Crippen LogP contribution is -2.12. The van der Waals surface area contributed by atoms with Crippen LogP contribution in [0.5, 0.6) is 0 Å². The third-order valence-corrected chi connectivity index (χ3v) is 2.02. The Kier molecular flexibility index (Phi) is 2.20. The Labute approximate surface area is 86.0 Å². The molecular formula is C8H11N5S. The molecule has 14 heavy (non-hydrogen) atoms. The Balaban J connectivity index is 2.53. The zero-order valence-electron chi connectivity index (χ0n) is 7.96. The van der Waals surface area contributed by atoms with Gasteiger partial charge in [-0.3, -0.25) is 0 Å². The molecule has 2 aromatic rings. The number of hydrogen-bond donors (Lipinski definition) is 3. The standard InChI is InChI=1S/C8H11N5S/c1-4(2)11-8-12-6-5(7(14)13-8)9-3-10-6/h3-4H,1-2H3,(H3,9,10,11,12,13,14). The summed E-state index contributed by atoms with van der Waals surface area (Å²) in [6.45, 7) is 4.07. The molecule has 3 N–H and O–H groups in total. The third kappa shape index (κ3) is 1.60. The van der Waals surface area contributed by atoms with Crippen LogP contribution in [0.4, 0.5) is 5.95 Å². The average Bonchev–Trinajstić information content (AvgIpc) is 2.50. The maximum absolute atomic E-state index is 5.11.